The second-order valence-electron chi connectivity index (χ2n) is 4.53. The third-order valence-corrected chi connectivity index (χ3v) is 3.58. The zero-order chi connectivity index (χ0) is 12.6. The van der Waals surface area contributed by atoms with E-state index in [1.165, 1.54) is 38.3 Å². The van der Waals surface area contributed by atoms with Crippen molar-refractivity contribution >= 4 is 17.6 Å². The molecule has 0 aliphatic heterocycles. The maximum absolute atomic E-state index is 11.5. The van der Waals surface area contributed by atoms with Gasteiger partial charge in [-0.25, -0.2) is 0 Å². The number of carbonyl (C=O) groups is 1. The molecule has 1 amide bonds. The molecule has 1 fully saturated rings. The van der Waals surface area contributed by atoms with E-state index in [0.717, 1.165) is 24.8 Å². The minimum atomic E-state index is -0.151. The first-order chi connectivity index (χ1) is 8.86. The van der Waals surface area contributed by atoms with E-state index in [-0.39, 0.29) is 5.91 Å². The van der Waals surface area contributed by atoms with Gasteiger partial charge in [-0.1, -0.05) is 19.3 Å². The highest BCUT2D eigenvalue weighted by Crippen LogP contribution is 2.20. The Labute approximate surface area is 111 Å². The summed E-state index contributed by atoms with van der Waals surface area (Å²) in [5, 5.41) is 2.81. The average molecular weight is 269 g/mol. The Balaban J connectivity index is 1.52. The lowest BCUT2D eigenvalue weighted by Crippen LogP contribution is -2.26. The van der Waals surface area contributed by atoms with Crippen molar-refractivity contribution in [2.75, 3.05) is 13.2 Å². The van der Waals surface area contributed by atoms with Gasteiger partial charge in [0, 0.05) is 13.2 Å². The summed E-state index contributed by atoms with van der Waals surface area (Å²) in [5.41, 5.74) is 0.396. The van der Waals surface area contributed by atoms with Gasteiger partial charge in [0.05, 0.1) is 24.0 Å². The van der Waals surface area contributed by atoms with Crippen molar-refractivity contribution in [1.29, 1.82) is 0 Å². The highest BCUT2D eigenvalue weighted by molar-refractivity contribution is 6.99. The van der Waals surface area contributed by atoms with E-state index >= 15 is 0 Å². The van der Waals surface area contributed by atoms with E-state index in [1.54, 1.807) is 0 Å². The Bertz CT molecular complexity index is 350. The molecule has 1 N–H and O–H groups in total. The molecule has 2 rings (SSSR count). The lowest BCUT2D eigenvalue weighted by Gasteiger charge is -2.21. The van der Waals surface area contributed by atoms with Gasteiger partial charge >= 0.3 is 0 Å². The van der Waals surface area contributed by atoms with Crippen molar-refractivity contribution in [3.05, 3.63) is 11.9 Å². The molecule has 18 heavy (non-hydrogen) atoms. The van der Waals surface area contributed by atoms with Gasteiger partial charge in [0.15, 0.2) is 5.69 Å². The summed E-state index contributed by atoms with van der Waals surface area (Å²) in [6.45, 7) is 1.35. The van der Waals surface area contributed by atoms with Crippen LogP contribution in [0.4, 0.5) is 0 Å². The van der Waals surface area contributed by atoms with Crippen molar-refractivity contribution in [2.24, 2.45) is 0 Å². The van der Waals surface area contributed by atoms with Crippen LogP contribution in [0.2, 0.25) is 0 Å². The molecule has 0 bridgehead atoms. The third-order valence-electron chi connectivity index (χ3n) is 3.11. The molecular formula is C12H19N3O2S. The summed E-state index contributed by atoms with van der Waals surface area (Å²) in [6, 6.07) is 0. The van der Waals surface area contributed by atoms with Crippen LogP contribution >= 0.6 is 11.7 Å². The average Bonchev–Trinajstić information content (AvgIpc) is 2.93. The first-order valence-electron chi connectivity index (χ1n) is 6.53. The van der Waals surface area contributed by atoms with Crippen LogP contribution in [0.25, 0.3) is 0 Å². The monoisotopic (exact) mass is 269 g/mol. The lowest BCUT2D eigenvalue weighted by molar-refractivity contribution is 0.0273. The maximum Gasteiger partial charge on any atom is 0.272 e. The fourth-order valence-corrected chi connectivity index (χ4v) is 2.52. The third kappa shape index (κ3) is 4.34. The van der Waals surface area contributed by atoms with Gasteiger partial charge in [-0.3, -0.25) is 4.79 Å². The number of hydrogen-bond acceptors (Lipinski definition) is 5. The number of amides is 1. The summed E-state index contributed by atoms with van der Waals surface area (Å²) < 4.78 is 13.4. The zero-order valence-electron chi connectivity index (χ0n) is 10.4. The van der Waals surface area contributed by atoms with Crippen molar-refractivity contribution in [1.82, 2.24) is 14.1 Å². The number of carbonyl (C=O) groups excluding carboxylic acids is 1. The Kier molecular flexibility index (Phi) is 5.54. The zero-order valence-corrected chi connectivity index (χ0v) is 11.2. The van der Waals surface area contributed by atoms with Gasteiger partial charge in [0.25, 0.3) is 5.91 Å². The molecule has 100 valence electrons. The summed E-state index contributed by atoms with van der Waals surface area (Å²) in [4.78, 5) is 11.5. The van der Waals surface area contributed by atoms with E-state index in [4.69, 9.17) is 4.74 Å². The minimum absolute atomic E-state index is 0.151. The normalized spacial score (nSPS) is 16.7. The molecule has 1 saturated carbocycles. The van der Waals surface area contributed by atoms with Gasteiger partial charge in [0.2, 0.25) is 0 Å². The SMILES string of the molecule is O=C(NCCCOC1CCCCC1)c1cnsn1. The van der Waals surface area contributed by atoms with Gasteiger partial charge in [-0.2, -0.15) is 8.75 Å². The van der Waals surface area contributed by atoms with Crippen LogP contribution in [0.3, 0.4) is 0 Å². The molecule has 0 aromatic carbocycles. The Morgan fingerprint density at radius 3 is 3.00 bits per heavy atom. The predicted octanol–water partition coefficient (Wildman–Crippen LogP) is 2.01. The number of nitrogens with one attached hydrogen (secondary N) is 1. The number of nitrogens with zero attached hydrogens (tertiary/aromatic N) is 2. The van der Waals surface area contributed by atoms with Crippen LogP contribution in [-0.4, -0.2) is 33.9 Å². The highest BCUT2D eigenvalue weighted by atomic mass is 32.1. The maximum atomic E-state index is 11.5. The quantitative estimate of drug-likeness (QED) is 0.802. The topological polar surface area (TPSA) is 64.1 Å². The highest BCUT2D eigenvalue weighted by Gasteiger charge is 2.13. The standard InChI is InChI=1S/C12H19N3O2S/c16-12(11-9-14-18-15-11)13-7-4-8-17-10-5-2-1-3-6-10/h9-10H,1-8H2,(H,13,16). The Hall–Kier alpha value is -1.01. The first-order valence-corrected chi connectivity index (χ1v) is 7.26. The Morgan fingerprint density at radius 1 is 1.44 bits per heavy atom. The van der Waals surface area contributed by atoms with Crippen molar-refractivity contribution in [2.45, 2.75) is 44.6 Å². The van der Waals surface area contributed by atoms with E-state index in [2.05, 4.69) is 14.1 Å². The molecule has 0 saturated heterocycles. The van der Waals surface area contributed by atoms with Crippen molar-refractivity contribution in [3.63, 3.8) is 0 Å². The molecule has 0 radical (unpaired) electrons. The summed E-state index contributed by atoms with van der Waals surface area (Å²) in [5.74, 6) is -0.151. The number of aromatic nitrogens is 2. The van der Waals surface area contributed by atoms with Crippen LogP contribution in [-0.2, 0) is 4.74 Å². The molecular weight excluding hydrogens is 250 g/mol. The second-order valence-corrected chi connectivity index (χ2v) is 5.09. The number of rotatable bonds is 6. The van der Waals surface area contributed by atoms with E-state index < -0.39 is 0 Å². The van der Waals surface area contributed by atoms with Gasteiger partial charge < -0.3 is 10.1 Å². The van der Waals surface area contributed by atoms with Gasteiger partial charge in [-0.05, 0) is 19.3 Å². The molecule has 1 aromatic heterocycles. The molecule has 1 aromatic rings. The van der Waals surface area contributed by atoms with Crippen molar-refractivity contribution in [3.8, 4) is 0 Å². The first kappa shape index (κ1) is 13.4. The number of hydrogen-bond donors (Lipinski definition) is 1. The van der Waals surface area contributed by atoms with E-state index in [1.807, 2.05) is 0 Å². The van der Waals surface area contributed by atoms with Crippen LogP contribution in [0.1, 0.15) is 49.0 Å². The number of ether oxygens (including phenoxy) is 1. The smallest absolute Gasteiger partial charge is 0.272 e. The molecule has 1 aliphatic rings. The summed E-state index contributed by atoms with van der Waals surface area (Å²) >= 11 is 1.04. The largest absolute Gasteiger partial charge is 0.378 e. The van der Waals surface area contributed by atoms with Crippen LogP contribution in [0.15, 0.2) is 6.20 Å². The van der Waals surface area contributed by atoms with Crippen LogP contribution in [0, 0.1) is 0 Å². The molecule has 0 unspecified atom stereocenters. The molecule has 6 heteroatoms. The van der Waals surface area contributed by atoms with Crippen LogP contribution < -0.4 is 5.32 Å². The Morgan fingerprint density at radius 2 is 2.28 bits per heavy atom. The fraction of sp³-hybridized carbons (Fsp3) is 0.750. The summed E-state index contributed by atoms with van der Waals surface area (Å²) in [6.07, 6.45) is 9.08. The minimum Gasteiger partial charge on any atom is -0.378 e. The lowest BCUT2D eigenvalue weighted by atomic mass is 9.98. The molecule has 0 spiro atoms. The van der Waals surface area contributed by atoms with E-state index in [9.17, 15) is 4.79 Å². The van der Waals surface area contributed by atoms with Gasteiger partial charge in [-0.15, -0.1) is 0 Å². The van der Waals surface area contributed by atoms with E-state index in [0.29, 0.717) is 18.3 Å². The van der Waals surface area contributed by atoms with Crippen LogP contribution in [0.5, 0.6) is 0 Å². The molecule has 5 nitrogen and oxygen atoms in total. The molecule has 1 heterocycles. The van der Waals surface area contributed by atoms with Crippen molar-refractivity contribution < 1.29 is 9.53 Å². The molecule has 0 atom stereocenters. The fourth-order valence-electron chi connectivity index (χ4n) is 2.11. The summed E-state index contributed by atoms with van der Waals surface area (Å²) in [7, 11) is 0. The predicted molar refractivity (Wildman–Crippen MR) is 69.7 cm³/mol. The second kappa shape index (κ2) is 7.43. The van der Waals surface area contributed by atoms with Gasteiger partial charge in [0.1, 0.15) is 0 Å². The molecule has 1 aliphatic carbocycles.